The van der Waals surface area contributed by atoms with Crippen LogP contribution in [0.5, 0.6) is 0 Å². The minimum absolute atomic E-state index is 0.383. The number of unbranched alkanes of at least 4 members (excludes halogenated alkanes) is 2. The molecular weight excluding hydrogens is 158 g/mol. The molecule has 0 N–H and O–H groups in total. The van der Waals surface area contributed by atoms with Gasteiger partial charge in [-0.1, -0.05) is 30.4 Å². The average molecular weight is 175 g/mol. The zero-order valence-electron chi connectivity index (χ0n) is 8.02. The molecule has 0 spiro atoms. The first-order chi connectivity index (χ1) is 6.43. The molecule has 1 rings (SSSR count). The zero-order valence-corrected chi connectivity index (χ0v) is 8.02. The van der Waals surface area contributed by atoms with E-state index in [1.54, 1.807) is 0 Å². The van der Waals surface area contributed by atoms with Crippen LogP contribution >= 0.6 is 0 Å². The Morgan fingerprint density at radius 2 is 2.31 bits per heavy atom. The Morgan fingerprint density at radius 3 is 3.00 bits per heavy atom. The highest BCUT2D eigenvalue weighted by Gasteiger charge is 1.99. The Bertz CT molecular complexity index is 223. The highest BCUT2D eigenvalue weighted by atomic mass is 14.8. The third-order valence-corrected chi connectivity index (χ3v) is 2.00. The van der Waals surface area contributed by atoms with Crippen molar-refractivity contribution in [2.75, 3.05) is 0 Å². The largest absolute Gasteiger partial charge is 0.290 e. The summed E-state index contributed by atoms with van der Waals surface area (Å²) in [4.78, 5) is 4.46. The standard InChI is InChI=1S/C12H17N/c1-2-3-4-8-11-13-12-9-6-5-7-10-12/h2,5-7,9,11-12H,1,3-4,8,10H2. The number of aliphatic imine (C=N–C) groups is 1. The predicted molar refractivity (Wildman–Crippen MR) is 59.2 cm³/mol. The predicted octanol–water partition coefficient (Wildman–Crippen LogP) is 3.30. The summed E-state index contributed by atoms with van der Waals surface area (Å²) in [6.07, 6.45) is 16.8. The fraction of sp³-hybridized carbons (Fsp3) is 0.417. The van der Waals surface area contributed by atoms with Crippen molar-refractivity contribution in [3.8, 4) is 0 Å². The van der Waals surface area contributed by atoms with E-state index < -0.39 is 0 Å². The quantitative estimate of drug-likeness (QED) is 0.345. The van der Waals surface area contributed by atoms with E-state index in [9.17, 15) is 0 Å². The number of rotatable bonds is 5. The molecule has 0 saturated heterocycles. The van der Waals surface area contributed by atoms with Gasteiger partial charge in [0.25, 0.3) is 0 Å². The minimum atomic E-state index is 0.383. The third-order valence-electron chi connectivity index (χ3n) is 2.00. The van der Waals surface area contributed by atoms with Crippen molar-refractivity contribution in [3.05, 3.63) is 37.0 Å². The molecule has 0 bridgehead atoms. The highest BCUT2D eigenvalue weighted by Crippen LogP contribution is 2.06. The minimum Gasteiger partial charge on any atom is -0.290 e. The molecule has 0 heterocycles. The maximum Gasteiger partial charge on any atom is 0.0713 e. The zero-order chi connectivity index (χ0) is 9.36. The summed E-state index contributed by atoms with van der Waals surface area (Å²) in [6.45, 7) is 3.68. The Kier molecular flexibility index (Phi) is 4.92. The Morgan fingerprint density at radius 1 is 1.38 bits per heavy atom. The number of hydrogen-bond donors (Lipinski definition) is 0. The SMILES string of the molecule is C=CCCCC=NC1C=CC=CC1. The molecule has 0 fully saturated rings. The summed E-state index contributed by atoms with van der Waals surface area (Å²) in [5.74, 6) is 0. The fourth-order valence-corrected chi connectivity index (χ4v) is 1.24. The van der Waals surface area contributed by atoms with Gasteiger partial charge in [-0.05, 0) is 31.9 Å². The van der Waals surface area contributed by atoms with Gasteiger partial charge < -0.3 is 0 Å². The first-order valence-electron chi connectivity index (χ1n) is 4.89. The monoisotopic (exact) mass is 175 g/mol. The van der Waals surface area contributed by atoms with Crippen LogP contribution in [0.25, 0.3) is 0 Å². The van der Waals surface area contributed by atoms with Crippen LogP contribution in [-0.4, -0.2) is 12.3 Å². The maximum absolute atomic E-state index is 4.46. The van der Waals surface area contributed by atoms with Crippen molar-refractivity contribution in [3.63, 3.8) is 0 Å². The van der Waals surface area contributed by atoms with Gasteiger partial charge in [0, 0.05) is 0 Å². The lowest BCUT2D eigenvalue weighted by molar-refractivity contribution is 0.818. The second-order valence-corrected chi connectivity index (χ2v) is 3.17. The lowest BCUT2D eigenvalue weighted by Crippen LogP contribution is -2.00. The maximum atomic E-state index is 4.46. The topological polar surface area (TPSA) is 12.4 Å². The van der Waals surface area contributed by atoms with Gasteiger partial charge in [-0.2, -0.15) is 0 Å². The number of allylic oxidation sites excluding steroid dienone is 3. The number of hydrogen-bond acceptors (Lipinski definition) is 1. The summed E-state index contributed by atoms with van der Waals surface area (Å²) in [6, 6.07) is 0.383. The van der Waals surface area contributed by atoms with E-state index >= 15 is 0 Å². The van der Waals surface area contributed by atoms with Crippen LogP contribution in [0.3, 0.4) is 0 Å². The van der Waals surface area contributed by atoms with Crippen LogP contribution in [0.4, 0.5) is 0 Å². The summed E-state index contributed by atoms with van der Waals surface area (Å²) < 4.78 is 0. The van der Waals surface area contributed by atoms with Gasteiger partial charge >= 0.3 is 0 Å². The second kappa shape index (κ2) is 6.41. The molecule has 0 radical (unpaired) electrons. The molecule has 1 unspecified atom stereocenters. The molecule has 0 aromatic carbocycles. The van der Waals surface area contributed by atoms with E-state index in [2.05, 4.69) is 35.9 Å². The van der Waals surface area contributed by atoms with Gasteiger partial charge in [-0.3, -0.25) is 4.99 Å². The van der Waals surface area contributed by atoms with Crippen molar-refractivity contribution in [1.29, 1.82) is 0 Å². The van der Waals surface area contributed by atoms with Crippen LogP contribution in [0, 0.1) is 0 Å². The lowest BCUT2D eigenvalue weighted by Gasteiger charge is -2.05. The molecule has 0 amide bonds. The highest BCUT2D eigenvalue weighted by molar-refractivity contribution is 5.57. The van der Waals surface area contributed by atoms with Crippen LogP contribution in [0.2, 0.25) is 0 Å². The molecule has 70 valence electrons. The van der Waals surface area contributed by atoms with Crippen molar-refractivity contribution in [2.45, 2.75) is 31.7 Å². The molecule has 0 saturated carbocycles. The van der Waals surface area contributed by atoms with Crippen LogP contribution in [-0.2, 0) is 0 Å². The van der Waals surface area contributed by atoms with Crippen molar-refractivity contribution in [2.24, 2.45) is 4.99 Å². The Labute approximate surface area is 80.6 Å². The summed E-state index contributed by atoms with van der Waals surface area (Å²) in [5, 5.41) is 0. The van der Waals surface area contributed by atoms with Crippen LogP contribution < -0.4 is 0 Å². The van der Waals surface area contributed by atoms with Gasteiger partial charge in [-0.25, -0.2) is 0 Å². The molecule has 1 aliphatic carbocycles. The summed E-state index contributed by atoms with van der Waals surface area (Å²) >= 11 is 0. The van der Waals surface area contributed by atoms with E-state index in [4.69, 9.17) is 0 Å². The van der Waals surface area contributed by atoms with Gasteiger partial charge in [0.1, 0.15) is 0 Å². The van der Waals surface area contributed by atoms with E-state index in [0.717, 1.165) is 19.3 Å². The number of nitrogens with zero attached hydrogens (tertiary/aromatic N) is 1. The smallest absolute Gasteiger partial charge is 0.0713 e. The average Bonchev–Trinajstić information content (AvgIpc) is 2.19. The van der Waals surface area contributed by atoms with Crippen LogP contribution in [0.1, 0.15) is 25.7 Å². The normalized spacial score (nSPS) is 21.1. The second-order valence-electron chi connectivity index (χ2n) is 3.17. The molecule has 1 nitrogen and oxygen atoms in total. The molecule has 1 aliphatic rings. The fourth-order valence-electron chi connectivity index (χ4n) is 1.24. The Balaban J connectivity index is 2.12. The van der Waals surface area contributed by atoms with E-state index in [1.807, 2.05) is 12.3 Å². The van der Waals surface area contributed by atoms with E-state index in [-0.39, 0.29) is 0 Å². The molecule has 0 aliphatic heterocycles. The molecule has 1 atom stereocenters. The van der Waals surface area contributed by atoms with Gasteiger partial charge in [0.15, 0.2) is 0 Å². The summed E-state index contributed by atoms with van der Waals surface area (Å²) in [7, 11) is 0. The first-order valence-corrected chi connectivity index (χ1v) is 4.89. The molecular formula is C12H17N. The summed E-state index contributed by atoms with van der Waals surface area (Å²) in [5.41, 5.74) is 0. The lowest BCUT2D eigenvalue weighted by atomic mass is 10.1. The molecule has 0 aromatic rings. The molecule has 1 heteroatoms. The molecule has 0 aromatic heterocycles. The van der Waals surface area contributed by atoms with Crippen molar-refractivity contribution >= 4 is 6.21 Å². The third kappa shape index (κ3) is 4.46. The van der Waals surface area contributed by atoms with E-state index in [1.165, 1.54) is 6.42 Å². The molecule has 13 heavy (non-hydrogen) atoms. The van der Waals surface area contributed by atoms with Gasteiger partial charge in [0.05, 0.1) is 6.04 Å². The van der Waals surface area contributed by atoms with Gasteiger partial charge in [0.2, 0.25) is 0 Å². The van der Waals surface area contributed by atoms with Crippen molar-refractivity contribution in [1.82, 2.24) is 0 Å². The van der Waals surface area contributed by atoms with Crippen molar-refractivity contribution < 1.29 is 0 Å². The Hall–Kier alpha value is -1.11. The van der Waals surface area contributed by atoms with Crippen LogP contribution in [0.15, 0.2) is 42.0 Å². The first kappa shape index (κ1) is 9.97. The van der Waals surface area contributed by atoms with E-state index in [0.29, 0.717) is 6.04 Å². The van der Waals surface area contributed by atoms with Gasteiger partial charge in [-0.15, -0.1) is 6.58 Å².